The smallest absolute Gasteiger partial charge is 0.0756 e. The second-order valence-electron chi connectivity index (χ2n) is 7.91. The van der Waals surface area contributed by atoms with Gasteiger partial charge >= 0.3 is 0 Å². The number of hydrogen-bond donors (Lipinski definition) is 0. The second-order valence-corrected chi connectivity index (χ2v) is 8.96. The summed E-state index contributed by atoms with van der Waals surface area (Å²) in [6, 6.07) is 11.7. The first-order valence-corrected chi connectivity index (χ1v) is 10.4. The molecule has 1 aromatic carbocycles. The van der Waals surface area contributed by atoms with Gasteiger partial charge in [0.25, 0.3) is 0 Å². The van der Waals surface area contributed by atoms with Crippen LogP contribution in [0.5, 0.6) is 0 Å². The lowest BCUT2D eigenvalue weighted by Crippen LogP contribution is -2.44. The van der Waals surface area contributed by atoms with Gasteiger partial charge in [-0.15, -0.1) is 11.3 Å². The van der Waals surface area contributed by atoms with E-state index in [4.69, 9.17) is 0 Å². The average Bonchev–Trinajstić information content (AvgIpc) is 3.23. The molecular formula is C22H26N2S. The summed E-state index contributed by atoms with van der Waals surface area (Å²) in [6.07, 6.45) is 8.90. The fraction of sp³-hybridized carbons (Fsp3) is 0.455. The number of anilines is 1. The number of fused-ring (bicyclic) bond motifs is 4. The van der Waals surface area contributed by atoms with Crippen molar-refractivity contribution in [3.05, 3.63) is 52.5 Å². The summed E-state index contributed by atoms with van der Waals surface area (Å²) < 4.78 is 3.80. The molecule has 1 aliphatic heterocycles. The lowest BCUT2D eigenvalue weighted by atomic mass is 9.80. The zero-order valence-corrected chi connectivity index (χ0v) is 16.2. The fourth-order valence-corrected chi connectivity index (χ4v) is 6.97. The Labute approximate surface area is 154 Å². The topological polar surface area (TPSA) is 8.17 Å². The molecule has 1 aliphatic carbocycles. The van der Waals surface area contributed by atoms with Crippen molar-refractivity contribution < 1.29 is 0 Å². The van der Waals surface area contributed by atoms with E-state index in [-0.39, 0.29) is 5.54 Å². The summed E-state index contributed by atoms with van der Waals surface area (Å²) in [5.41, 5.74) is 6.11. The molecule has 0 N–H and O–H groups in total. The Kier molecular flexibility index (Phi) is 3.34. The Balaban J connectivity index is 1.79. The molecule has 1 spiro atoms. The molecule has 25 heavy (non-hydrogen) atoms. The predicted molar refractivity (Wildman–Crippen MR) is 108 cm³/mol. The highest BCUT2D eigenvalue weighted by molar-refractivity contribution is 7.19. The van der Waals surface area contributed by atoms with Gasteiger partial charge in [0.1, 0.15) is 0 Å². The highest BCUT2D eigenvalue weighted by Gasteiger charge is 2.51. The van der Waals surface area contributed by atoms with E-state index in [0.29, 0.717) is 6.04 Å². The number of para-hydroxylation sites is 1. The molecule has 3 heteroatoms. The summed E-state index contributed by atoms with van der Waals surface area (Å²) in [4.78, 5) is 4.44. The number of aryl methyl sites for hydroxylation is 2. The van der Waals surface area contributed by atoms with E-state index in [0.717, 1.165) is 0 Å². The molecule has 3 heterocycles. The maximum atomic E-state index is 2.79. The zero-order valence-electron chi connectivity index (χ0n) is 15.4. The van der Waals surface area contributed by atoms with Crippen molar-refractivity contribution in [1.82, 2.24) is 4.57 Å². The minimum absolute atomic E-state index is 0.211. The van der Waals surface area contributed by atoms with Gasteiger partial charge in [-0.3, -0.25) is 0 Å². The molecule has 1 fully saturated rings. The van der Waals surface area contributed by atoms with Crippen LogP contribution in [0.25, 0.3) is 10.2 Å². The van der Waals surface area contributed by atoms with Gasteiger partial charge in [0.15, 0.2) is 0 Å². The monoisotopic (exact) mass is 350 g/mol. The Morgan fingerprint density at radius 3 is 2.60 bits per heavy atom. The molecule has 1 saturated carbocycles. The Hall–Kier alpha value is -1.74. The van der Waals surface area contributed by atoms with Gasteiger partial charge in [-0.1, -0.05) is 37.5 Å². The van der Waals surface area contributed by atoms with Crippen LogP contribution >= 0.6 is 11.3 Å². The van der Waals surface area contributed by atoms with E-state index in [1.165, 1.54) is 53.6 Å². The quantitative estimate of drug-likeness (QED) is 0.501. The minimum Gasteiger partial charge on any atom is -0.354 e. The lowest BCUT2D eigenvalue weighted by molar-refractivity contribution is 0.288. The molecular weight excluding hydrogens is 324 g/mol. The number of hydrogen-bond acceptors (Lipinski definition) is 2. The SMILES string of the molecule is Cc1ccccc1N1[C@@H](C)c2c(sc3ccn(C)c23)C12CCCCC2. The van der Waals surface area contributed by atoms with Crippen LogP contribution in [0.15, 0.2) is 36.5 Å². The van der Waals surface area contributed by atoms with E-state index in [1.54, 1.807) is 10.4 Å². The Bertz CT molecular complexity index is 942. The molecule has 2 nitrogen and oxygen atoms in total. The minimum atomic E-state index is 0.211. The number of aromatic nitrogens is 1. The van der Waals surface area contributed by atoms with E-state index >= 15 is 0 Å². The van der Waals surface area contributed by atoms with Crippen molar-refractivity contribution in [3.63, 3.8) is 0 Å². The van der Waals surface area contributed by atoms with Crippen molar-refractivity contribution in [2.24, 2.45) is 7.05 Å². The van der Waals surface area contributed by atoms with Crippen LogP contribution in [0.2, 0.25) is 0 Å². The van der Waals surface area contributed by atoms with Crippen LogP contribution in [0.3, 0.4) is 0 Å². The van der Waals surface area contributed by atoms with Crippen LogP contribution < -0.4 is 4.90 Å². The summed E-state index contributed by atoms with van der Waals surface area (Å²) in [5, 5.41) is 0. The lowest BCUT2D eigenvalue weighted by Gasteiger charge is -2.45. The van der Waals surface area contributed by atoms with Crippen LogP contribution in [-0.4, -0.2) is 4.57 Å². The van der Waals surface area contributed by atoms with Crippen molar-refractivity contribution >= 4 is 27.2 Å². The van der Waals surface area contributed by atoms with Crippen LogP contribution in [0, 0.1) is 6.92 Å². The predicted octanol–water partition coefficient (Wildman–Crippen LogP) is 6.29. The van der Waals surface area contributed by atoms with Crippen LogP contribution in [0.4, 0.5) is 5.69 Å². The normalized spacial score (nSPS) is 22.0. The van der Waals surface area contributed by atoms with E-state index in [2.05, 4.69) is 78.2 Å². The maximum Gasteiger partial charge on any atom is 0.0756 e. The summed E-state index contributed by atoms with van der Waals surface area (Å²) in [7, 11) is 2.20. The third-order valence-corrected chi connectivity index (χ3v) is 7.85. The van der Waals surface area contributed by atoms with Gasteiger partial charge in [-0.05, 0) is 44.4 Å². The van der Waals surface area contributed by atoms with Gasteiger partial charge < -0.3 is 9.47 Å². The number of thiophene rings is 1. The van der Waals surface area contributed by atoms with Crippen molar-refractivity contribution in [2.75, 3.05) is 4.90 Å². The molecule has 2 aliphatic rings. The molecule has 0 bridgehead atoms. The molecule has 0 saturated heterocycles. The van der Waals surface area contributed by atoms with E-state index < -0.39 is 0 Å². The van der Waals surface area contributed by atoms with Crippen molar-refractivity contribution in [3.8, 4) is 0 Å². The third kappa shape index (κ3) is 1.96. The highest BCUT2D eigenvalue weighted by Crippen LogP contribution is 2.59. The van der Waals surface area contributed by atoms with E-state index in [1.807, 2.05) is 0 Å². The van der Waals surface area contributed by atoms with Crippen molar-refractivity contribution in [2.45, 2.75) is 57.5 Å². The largest absolute Gasteiger partial charge is 0.354 e. The van der Waals surface area contributed by atoms with Crippen molar-refractivity contribution in [1.29, 1.82) is 0 Å². The molecule has 0 radical (unpaired) electrons. The van der Waals surface area contributed by atoms with Crippen LogP contribution in [-0.2, 0) is 12.6 Å². The number of rotatable bonds is 1. The summed E-state index contributed by atoms with van der Waals surface area (Å²) in [5.74, 6) is 0. The Morgan fingerprint density at radius 2 is 1.84 bits per heavy atom. The van der Waals surface area contributed by atoms with Gasteiger partial charge in [0.2, 0.25) is 0 Å². The van der Waals surface area contributed by atoms with Gasteiger partial charge in [0, 0.05) is 29.4 Å². The zero-order chi connectivity index (χ0) is 17.2. The third-order valence-electron chi connectivity index (χ3n) is 6.49. The molecule has 0 unspecified atom stereocenters. The first kappa shape index (κ1) is 15.5. The average molecular weight is 351 g/mol. The van der Waals surface area contributed by atoms with Crippen LogP contribution in [0.1, 0.15) is 61.1 Å². The molecule has 5 rings (SSSR count). The Morgan fingerprint density at radius 1 is 1.08 bits per heavy atom. The highest BCUT2D eigenvalue weighted by atomic mass is 32.1. The van der Waals surface area contributed by atoms with Gasteiger partial charge in [0.05, 0.1) is 21.8 Å². The number of nitrogens with zero attached hydrogens (tertiary/aromatic N) is 2. The molecule has 3 aromatic rings. The van der Waals surface area contributed by atoms with Gasteiger partial charge in [-0.2, -0.15) is 0 Å². The second kappa shape index (κ2) is 5.38. The fourth-order valence-electron chi connectivity index (χ4n) is 5.40. The molecule has 0 amide bonds. The molecule has 2 aromatic heterocycles. The van der Waals surface area contributed by atoms with Gasteiger partial charge in [-0.25, -0.2) is 0 Å². The van der Waals surface area contributed by atoms with E-state index in [9.17, 15) is 0 Å². The summed E-state index contributed by atoms with van der Waals surface area (Å²) >= 11 is 2.06. The molecule has 1 atom stereocenters. The first-order chi connectivity index (χ1) is 12.1. The standard InChI is InChI=1S/C22H26N2S/c1-15-9-5-6-10-17(15)24-16(2)19-20-18(11-14-23(20)3)25-21(19)22(24)12-7-4-8-13-22/h5-6,9-11,14,16H,4,7-8,12-13H2,1-3H3/t16-/m0/s1. The summed E-state index contributed by atoms with van der Waals surface area (Å²) in [6.45, 7) is 4.69. The number of benzene rings is 1. The molecule has 130 valence electrons. The maximum absolute atomic E-state index is 2.79. The first-order valence-electron chi connectivity index (χ1n) is 9.57.